The van der Waals surface area contributed by atoms with Gasteiger partial charge in [0.2, 0.25) is 5.91 Å². The summed E-state index contributed by atoms with van der Waals surface area (Å²) >= 11 is 1.23. The number of para-hydroxylation sites is 1. The number of ether oxygens (including phenoxy) is 1. The molecule has 0 spiro atoms. The third-order valence-corrected chi connectivity index (χ3v) is 6.99. The lowest BCUT2D eigenvalue weighted by Gasteiger charge is -2.15. The van der Waals surface area contributed by atoms with Crippen LogP contribution in [0.25, 0.3) is 11.0 Å². The molecule has 0 aliphatic heterocycles. The van der Waals surface area contributed by atoms with Crippen LogP contribution >= 0.6 is 11.8 Å². The van der Waals surface area contributed by atoms with Gasteiger partial charge in [0, 0.05) is 17.8 Å². The van der Waals surface area contributed by atoms with Crippen molar-refractivity contribution in [2.45, 2.75) is 45.9 Å². The van der Waals surface area contributed by atoms with Gasteiger partial charge in [-0.05, 0) is 51.0 Å². The Morgan fingerprint density at radius 3 is 2.63 bits per heavy atom. The largest absolute Gasteiger partial charge is 0.496 e. The van der Waals surface area contributed by atoms with Gasteiger partial charge in [0.25, 0.3) is 5.56 Å². The first-order valence-electron chi connectivity index (χ1n) is 11.4. The Balaban J connectivity index is 1.70. The van der Waals surface area contributed by atoms with Crippen molar-refractivity contribution in [2.75, 3.05) is 18.2 Å². The Labute approximate surface area is 208 Å². The number of carbonyl (C=O) groups is 1. The summed E-state index contributed by atoms with van der Waals surface area (Å²) in [7, 11) is 1.60. The van der Waals surface area contributed by atoms with Crippen molar-refractivity contribution in [3.05, 3.63) is 75.2 Å². The molecule has 0 bridgehead atoms. The Kier molecular flexibility index (Phi) is 7.25. The molecule has 2 aromatic heterocycles. The number of hydrogen-bond acceptors (Lipinski definition) is 6. The zero-order valence-corrected chi connectivity index (χ0v) is 21.4. The minimum atomic E-state index is -0.194. The first-order chi connectivity index (χ1) is 16.8. The lowest BCUT2D eigenvalue weighted by atomic mass is 10.1. The van der Waals surface area contributed by atoms with Gasteiger partial charge in [-0.25, -0.2) is 4.98 Å². The van der Waals surface area contributed by atoms with E-state index in [1.165, 1.54) is 11.8 Å². The van der Waals surface area contributed by atoms with Gasteiger partial charge in [-0.3, -0.25) is 18.8 Å². The minimum Gasteiger partial charge on any atom is -0.496 e. The maximum absolute atomic E-state index is 13.7. The molecule has 0 saturated carbocycles. The number of hydrogen-bond donors (Lipinski definition) is 1. The van der Waals surface area contributed by atoms with Crippen LogP contribution in [0, 0.1) is 20.8 Å². The monoisotopic (exact) mass is 491 g/mol. The molecule has 4 aromatic rings. The zero-order valence-electron chi connectivity index (χ0n) is 20.6. The Hall–Kier alpha value is -3.59. The summed E-state index contributed by atoms with van der Waals surface area (Å²) in [6.45, 7) is 8.59. The molecule has 0 unspecified atom stereocenters. The molecule has 0 atom stereocenters. The quantitative estimate of drug-likeness (QED) is 0.292. The van der Waals surface area contributed by atoms with E-state index in [0.717, 1.165) is 22.4 Å². The van der Waals surface area contributed by atoms with E-state index >= 15 is 0 Å². The number of aromatic nitrogens is 4. The molecule has 4 rings (SSSR count). The van der Waals surface area contributed by atoms with Crippen LogP contribution in [0.3, 0.4) is 0 Å². The Bertz CT molecular complexity index is 1460. The average molecular weight is 492 g/mol. The number of rotatable bonds is 8. The number of carbonyl (C=O) groups excluding carboxylic acids is 1. The third-order valence-electron chi connectivity index (χ3n) is 6.01. The van der Waals surface area contributed by atoms with E-state index in [-0.39, 0.29) is 23.8 Å². The van der Waals surface area contributed by atoms with Gasteiger partial charge in [0.05, 0.1) is 25.1 Å². The van der Waals surface area contributed by atoms with Gasteiger partial charge >= 0.3 is 0 Å². The lowest BCUT2D eigenvalue weighted by Crippen LogP contribution is -2.26. The molecule has 1 amide bonds. The summed E-state index contributed by atoms with van der Waals surface area (Å²) in [4.78, 5) is 31.3. The van der Waals surface area contributed by atoms with Crippen molar-refractivity contribution in [1.82, 2.24) is 19.3 Å². The van der Waals surface area contributed by atoms with Crippen molar-refractivity contribution in [3.8, 4) is 5.75 Å². The van der Waals surface area contributed by atoms with Crippen LogP contribution in [0.15, 0.2) is 52.4 Å². The first-order valence-corrected chi connectivity index (χ1v) is 12.4. The Morgan fingerprint density at radius 2 is 1.89 bits per heavy atom. The van der Waals surface area contributed by atoms with Gasteiger partial charge in [-0.2, -0.15) is 5.10 Å². The van der Waals surface area contributed by atoms with E-state index in [1.807, 2.05) is 70.2 Å². The van der Waals surface area contributed by atoms with E-state index in [0.29, 0.717) is 34.2 Å². The molecule has 0 radical (unpaired) electrons. The normalized spacial score (nSPS) is 11.1. The van der Waals surface area contributed by atoms with E-state index in [1.54, 1.807) is 16.4 Å². The molecule has 0 saturated heterocycles. The Morgan fingerprint density at radius 1 is 1.11 bits per heavy atom. The van der Waals surface area contributed by atoms with Gasteiger partial charge in [0.1, 0.15) is 11.3 Å². The van der Waals surface area contributed by atoms with Gasteiger partial charge in [0.15, 0.2) is 10.7 Å². The number of nitrogens with one attached hydrogen (secondary N) is 1. The van der Waals surface area contributed by atoms with Crippen LogP contribution in [0.1, 0.15) is 29.3 Å². The molecule has 35 heavy (non-hydrogen) atoms. The van der Waals surface area contributed by atoms with E-state index in [4.69, 9.17) is 9.72 Å². The molecular weight excluding hydrogens is 462 g/mol. The predicted octanol–water partition coefficient (Wildman–Crippen LogP) is 4.33. The topological polar surface area (TPSA) is 91.0 Å². The lowest BCUT2D eigenvalue weighted by molar-refractivity contribution is -0.113. The SMILES string of the molecule is CCn1nc(C)c2nc(SCC(=O)Nc3cccc(C)c3C)n(Cc3ccccc3OC)c(=O)c21. The molecular formula is C26H29N5O3S. The molecule has 182 valence electrons. The molecule has 0 aliphatic carbocycles. The fourth-order valence-electron chi connectivity index (χ4n) is 3.97. The number of fused-ring (bicyclic) bond motifs is 1. The molecule has 0 aliphatic rings. The molecule has 9 heteroatoms. The van der Waals surface area contributed by atoms with Crippen molar-refractivity contribution >= 4 is 34.4 Å². The number of nitrogens with zero attached hydrogens (tertiary/aromatic N) is 4. The zero-order chi connectivity index (χ0) is 25.1. The number of aryl methyl sites for hydroxylation is 3. The van der Waals surface area contributed by atoms with Crippen LogP contribution in [0.2, 0.25) is 0 Å². The summed E-state index contributed by atoms with van der Waals surface area (Å²) in [5.74, 6) is 0.629. The predicted molar refractivity (Wildman–Crippen MR) is 140 cm³/mol. The average Bonchev–Trinajstić information content (AvgIpc) is 3.18. The highest BCUT2D eigenvalue weighted by Gasteiger charge is 2.20. The third kappa shape index (κ3) is 4.95. The fraction of sp³-hybridized carbons (Fsp3) is 0.308. The smallest absolute Gasteiger partial charge is 0.280 e. The molecule has 0 fully saturated rings. The number of benzene rings is 2. The van der Waals surface area contributed by atoms with Gasteiger partial charge in [-0.1, -0.05) is 42.1 Å². The maximum Gasteiger partial charge on any atom is 0.280 e. The molecule has 2 aromatic carbocycles. The first kappa shape index (κ1) is 24.5. The summed E-state index contributed by atoms with van der Waals surface area (Å²) in [5, 5.41) is 7.92. The number of methoxy groups -OCH3 is 1. The summed E-state index contributed by atoms with van der Waals surface area (Å²) < 4.78 is 8.78. The summed E-state index contributed by atoms with van der Waals surface area (Å²) in [6, 6.07) is 13.4. The number of anilines is 1. The maximum atomic E-state index is 13.7. The van der Waals surface area contributed by atoms with Crippen molar-refractivity contribution in [2.24, 2.45) is 0 Å². The second kappa shape index (κ2) is 10.4. The highest BCUT2D eigenvalue weighted by Crippen LogP contribution is 2.25. The second-order valence-electron chi connectivity index (χ2n) is 8.28. The van der Waals surface area contributed by atoms with Crippen LogP contribution in [0.5, 0.6) is 5.75 Å². The van der Waals surface area contributed by atoms with Crippen molar-refractivity contribution in [1.29, 1.82) is 0 Å². The summed E-state index contributed by atoms with van der Waals surface area (Å²) in [6.07, 6.45) is 0. The molecule has 8 nitrogen and oxygen atoms in total. The molecule has 2 heterocycles. The standard InChI is InChI=1S/C26H29N5O3S/c1-6-31-24-23(18(4)29-31)28-26(30(25(24)33)14-19-11-7-8-13-21(19)34-5)35-15-22(32)27-20-12-9-10-16(2)17(20)3/h7-13H,6,14-15H2,1-5H3,(H,27,32). The minimum absolute atomic E-state index is 0.109. The van der Waals surface area contributed by atoms with E-state index in [9.17, 15) is 9.59 Å². The fourth-order valence-corrected chi connectivity index (χ4v) is 4.77. The van der Waals surface area contributed by atoms with Crippen LogP contribution in [-0.2, 0) is 17.9 Å². The molecule has 1 N–H and O–H groups in total. The van der Waals surface area contributed by atoms with Crippen LogP contribution in [-0.4, -0.2) is 38.1 Å². The van der Waals surface area contributed by atoms with Crippen LogP contribution in [0.4, 0.5) is 5.69 Å². The number of amides is 1. The second-order valence-corrected chi connectivity index (χ2v) is 9.22. The summed E-state index contributed by atoms with van der Waals surface area (Å²) in [5.41, 5.74) is 5.28. The van der Waals surface area contributed by atoms with Crippen molar-refractivity contribution in [3.63, 3.8) is 0 Å². The highest BCUT2D eigenvalue weighted by molar-refractivity contribution is 7.99. The van der Waals surface area contributed by atoms with E-state index < -0.39 is 0 Å². The highest BCUT2D eigenvalue weighted by atomic mass is 32.2. The van der Waals surface area contributed by atoms with Gasteiger partial charge in [-0.15, -0.1) is 0 Å². The van der Waals surface area contributed by atoms with Crippen LogP contribution < -0.4 is 15.6 Å². The number of thioether (sulfide) groups is 1. The van der Waals surface area contributed by atoms with Gasteiger partial charge < -0.3 is 10.1 Å². The van der Waals surface area contributed by atoms with E-state index in [2.05, 4.69) is 10.4 Å². The van der Waals surface area contributed by atoms with Crippen molar-refractivity contribution < 1.29 is 9.53 Å².